The van der Waals surface area contributed by atoms with Gasteiger partial charge in [0, 0.05) is 16.8 Å². The predicted octanol–water partition coefficient (Wildman–Crippen LogP) is 2.49. The van der Waals surface area contributed by atoms with Crippen LogP contribution in [0.3, 0.4) is 0 Å². The molecule has 0 saturated carbocycles. The van der Waals surface area contributed by atoms with E-state index in [-0.39, 0.29) is 5.56 Å². The van der Waals surface area contributed by atoms with Crippen molar-refractivity contribution < 1.29 is 23.1 Å². The van der Waals surface area contributed by atoms with E-state index in [9.17, 15) is 23.2 Å². The Balaban J connectivity index is 1.86. The SMILES string of the molecule is O=C(COC(=O)c1ccc[nH]c1=O)Nc1ccc(SC(F)F)cc1. The number of carbonyl (C=O) groups is 2. The molecule has 24 heavy (non-hydrogen) atoms. The van der Waals surface area contributed by atoms with Gasteiger partial charge in [-0.05, 0) is 36.4 Å². The van der Waals surface area contributed by atoms with Crippen LogP contribution in [0.25, 0.3) is 0 Å². The first kappa shape index (κ1) is 17.7. The van der Waals surface area contributed by atoms with Crippen LogP contribution in [0, 0.1) is 0 Å². The van der Waals surface area contributed by atoms with Crippen LogP contribution in [-0.2, 0) is 9.53 Å². The average Bonchev–Trinajstić information content (AvgIpc) is 2.54. The molecule has 2 N–H and O–H groups in total. The molecular formula is C15H12F2N2O4S. The number of pyridine rings is 1. The lowest BCUT2D eigenvalue weighted by molar-refractivity contribution is -0.119. The molecule has 0 bridgehead atoms. The van der Waals surface area contributed by atoms with Gasteiger partial charge in [-0.15, -0.1) is 0 Å². The fraction of sp³-hybridized carbons (Fsp3) is 0.133. The summed E-state index contributed by atoms with van der Waals surface area (Å²) < 4.78 is 29.1. The fourth-order valence-electron chi connectivity index (χ4n) is 1.71. The van der Waals surface area contributed by atoms with Crippen molar-refractivity contribution in [2.24, 2.45) is 0 Å². The molecule has 6 nitrogen and oxygen atoms in total. The van der Waals surface area contributed by atoms with Crippen LogP contribution in [0.5, 0.6) is 0 Å². The number of anilines is 1. The van der Waals surface area contributed by atoms with Crippen LogP contribution in [0.2, 0.25) is 0 Å². The molecule has 1 amide bonds. The lowest BCUT2D eigenvalue weighted by Crippen LogP contribution is -2.24. The van der Waals surface area contributed by atoms with E-state index in [4.69, 9.17) is 4.74 Å². The van der Waals surface area contributed by atoms with Gasteiger partial charge in [0.1, 0.15) is 5.56 Å². The zero-order valence-electron chi connectivity index (χ0n) is 12.1. The Labute approximate surface area is 139 Å². The van der Waals surface area contributed by atoms with E-state index < -0.39 is 29.8 Å². The Morgan fingerprint density at radius 1 is 1.21 bits per heavy atom. The van der Waals surface area contributed by atoms with Crippen molar-refractivity contribution >= 4 is 29.3 Å². The van der Waals surface area contributed by atoms with Crippen molar-refractivity contribution in [3.8, 4) is 0 Å². The van der Waals surface area contributed by atoms with Crippen LogP contribution in [0.15, 0.2) is 52.3 Å². The number of carbonyl (C=O) groups excluding carboxylic acids is 2. The number of alkyl halides is 2. The zero-order chi connectivity index (χ0) is 17.5. The second kappa shape index (κ2) is 8.25. The summed E-state index contributed by atoms with van der Waals surface area (Å²) in [6.45, 7) is -0.583. The molecule has 0 spiro atoms. The van der Waals surface area contributed by atoms with Gasteiger partial charge in [0.25, 0.3) is 17.2 Å². The van der Waals surface area contributed by atoms with Crippen molar-refractivity contribution in [2.75, 3.05) is 11.9 Å². The maximum Gasteiger partial charge on any atom is 0.344 e. The summed E-state index contributed by atoms with van der Waals surface area (Å²) in [5, 5.41) is 2.45. The maximum atomic E-state index is 12.2. The Bertz CT molecular complexity index is 778. The molecule has 0 aliphatic heterocycles. The molecule has 0 saturated heterocycles. The van der Waals surface area contributed by atoms with Gasteiger partial charge in [-0.1, -0.05) is 11.8 Å². The number of halogens is 2. The summed E-state index contributed by atoms with van der Waals surface area (Å²) in [6, 6.07) is 8.50. The number of esters is 1. The smallest absolute Gasteiger partial charge is 0.344 e. The van der Waals surface area contributed by atoms with Crippen LogP contribution in [0.4, 0.5) is 14.5 Å². The van der Waals surface area contributed by atoms with Gasteiger partial charge >= 0.3 is 5.97 Å². The third-order valence-electron chi connectivity index (χ3n) is 2.74. The van der Waals surface area contributed by atoms with Crippen LogP contribution < -0.4 is 10.9 Å². The number of aromatic amines is 1. The summed E-state index contributed by atoms with van der Waals surface area (Å²) in [6.07, 6.45) is 1.36. The standard InChI is InChI=1S/C15H12F2N2O4S/c16-15(17)24-10-5-3-9(4-6-10)19-12(20)8-23-14(22)11-2-1-7-18-13(11)21/h1-7,15H,8H2,(H,18,21)(H,19,20). The van der Waals surface area contributed by atoms with Gasteiger partial charge in [-0.3, -0.25) is 9.59 Å². The molecule has 9 heteroatoms. The fourth-order valence-corrected chi connectivity index (χ4v) is 2.21. The van der Waals surface area contributed by atoms with Crippen LogP contribution in [-0.4, -0.2) is 29.2 Å². The minimum absolute atomic E-state index is 0.210. The number of H-pyrrole nitrogens is 1. The summed E-state index contributed by atoms with van der Waals surface area (Å²) in [7, 11) is 0. The first-order valence-electron chi connectivity index (χ1n) is 6.65. The highest BCUT2D eigenvalue weighted by Gasteiger charge is 2.13. The summed E-state index contributed by atoms with van der Waals surface area (Å²) in [4.78, 5) is 37.4. The van der Waals surface area contributed by atoms with E-state index in [1.807, 2.05) is 0 Å². The molecule has 0 aliphatic rings. The monoisotopic (exact) mass is 354 g/mol. The Hall–Kier alpha value is -2.68. The molecular weight excluding hydrogens is 342 g/mol. The number of ether oxygens (including phenoxy) is 1. The lowest BCUT2D eigenvalue weighted by Gasteiger charge is -2.07. The third kappa shape index (κ3) is 5.20. The molecule has 2 rings (SSSR count). The lowest BCUT2D eigenvalue weighted by atomic mass is 10.3. The quantitative estimate of drug-likeness (QED) is 0.615. The molecule has 1 heterocycles. The van der Waals surface area contributed by atoms with Crippen LogP contribution >= 0.6 is 11.8 Å². The molecule has 126 valence electrons. The van der Waals surface area contributed by atoms with Gasteiger partial charge in [-0.2, -0.15) is 8.78 Å². The number of benzene rings is 1. The van der Waals surface area contributed by atoms with Crippen molar-refractivity contribution in [1.82, 2.24) is 4.98 Å². The van der Waals surface area contributed by atoms with Crippen molar-refractivity contribution in [3.05, 3.63) is 58.5 Å². The molecule has 0 fully saturated rings. The molecule has 0 aliphatic carbocycles. The number of hydrogen-bond donors (Lipinski definition) is 2. The number of hydrogen-bond acceptors (Lipinski definition) is 5. The van der Waals surface area contributed by atoms with E-state index >= 15 is 0 Å². The predicted molar refractivity (Wildman–Crippen MR) is 84.3 cm³/mol. The second-order valence-electron chi connectivity index (χ2n) is 4.44. The molecule has 0 atom stereocenters. The van der Waals surface area contributed by atoms with E-state index in [1.165, 1.54) is 42.6 Å². The minimum Gasteiger partial charge on any atom is -0.452 e. The van der Waals surface area contributed by atoms with Crippen LogP contribution in [0.1, 0.15) is 10.4 Å². The molecule has 0 unspecified atom stereocenters. The third-order valence-corrected chi connectivity index (χ3v) is 3.46. The van der Waals surface area contributed by atoms with E-state index in [2.05, 4.69) is 10.3 Å². The van der Waals surface area contributed by atoms with Crippen molar-refractivity contribution in [1.29, 1.82) is 0 Å². The molecule has 1 aromatic carbocycles. The Kier molecular flexibility index (Phi) is 6.07. The van der Waals surface area contributed by atoms with E-state index in [0.717, 1.165) is 0 Å². The first-order chi connectivity index (χ1) is 11.5. The Morgan fingerprint density at radius 2 is 1.92 bits per heavy atom. The number of amides is 1. The topological polar surface area (TPSA) is 88.3 Å². The van der Waals surface area contributed by atoms with Crippen molar-refractivity contribution in [3.63, 3.8) is 0 Å². The van der Waals surface area contributed by atoms with E-state index in [0.29, 0.717) is 22.3 Å². The largest absolute Gasteiger partial charge is 0.452 e. The summed E-state index contributed by atoms with van der Waals surface area (Å²) >= 11 is 0.391. The minimum atomic E-state index is -2.52. The van der Waals surface area contributed by atoms with Gasteiger partial charge < -0.3 is 15.0 Å². The Morgan fingerprint density at radius 3 is 2.54 bits per heavy atom. The normalized spacial score (nSPS) is 10.5. The zero-order valence-corrected chi connectivity index (χ0v) is 12.9. The van der Waals surface area contributed by atoms with Crippen molar-refractivity contribution in [2.45, 2.75) is 10.7 Å². The first-order valence-corrected chi connectivity index (χ1v) is 7.53. The highest BCUT2D eigenvalue weighted by atomic mass is 32.2. The highest BCUT2D eigenvalue weighted by Crippen LogP contribution is 2.26. The number of aromatic nitrogens is 1. The van der Waals surface area contributed by atoms with Gasteiger partial charge in [0.05, 0.1) is 0 Å². The summed E-state index contributed by atoms with van der Waals surface area (Å²) in [5.74, 6) is -4.06. The average molecular weight is 354 g/mol. The number of nitrogens with one attached hydrogen (secondary N) is 2. The summed E-state index contributed by atoms with van der Waals surface area (Å²) in [5.41, 5.74) is -0.457. The highest BCUT2D eigenvalue weighted by molar-refractivity contribution is 7.99. The second-order valence-corrected chi connectivity index (χ2v) is 5.50. The molecule has 0 radical (unpaired) electrons. The number of thioether (sulfide) groups is 1. The van der Waals surface area contributed by atoms with Gasteiger partial charge in [0.15, 0.2) is 6.61 Å². The van der Waals surface area contributed by atoms with Gasteiger partial charge in [0.2, 0.25) is 0 Å². The maximum absolute atomic E-state index is 12.2. The molecule has 2 aromatic rings. The van der Waals surface area contributed by atoms with E-state index in [1.54, 1.807) is 0 Å². The molecule has 1 aromatic heterocycles. The van der Waals surface area contributed by atoms with Gasteiger partial charge in [-0.25, -0.2) is 4.79 Å². The number of rotatable bonds is 6.